The maximum absolute atomic E-state index is 11.8. The zero-order chi connectivity index (χ0) is 13.1. The molecule has 1 aliphatic carbocycles. The van der Waals surface area contributed by atoms with Crippen LogP contribution in [-0.4, -0.2) is 25.0 Å². The van der Waals surface area contributed by atoms with E-state index in [9.17, 15) is 4.79 Å². The topological polar surface area (TPSA) is 76.7 Å². The Hall–Kier alpha value is -1.05. The molecule has 0 saturated carbocycles. The van der Waals surface area contributed by atoms with Crippen LogP contribution in [0.5, 0.6) is 0 Å². The fourth-order valence-electron chi connectivity index (χ4n) is 2.12. The highest BCUT2D eigenvalue weighted by Crippen LogP contribution is 2.39. The van der Waals surface area contributed by atoms with Gasteiger partial charge in [-0.2, -0.15) is 0 Å². The third-order valence-corrected chi connectivity index (χ3v) is 5.18. The summed E-state index contributed by atoms with van der Waals surface area (Å²) in [5, 5.41) is 4.08. The van der Waals surface area contributed by atoms with Crippen molar-refractivity contribution < 1.29 is 9.63 Å². The zero-order valence-corrected chi connectivity index (χ0v) is 11.9. The van der Waals surface area contributed by atoms with Crippen LogP contribution in [0.15, 0.2) is 9.36 Å². The number of oxime groups is 1. The van der Waals surface area contributed by atoms with Crippen molar-refractivity contribution in [3.8, 4) is 0 Å². The van der Waals surface area contributed by atoms with Crippen molar-refractivity contribution in [2.45, 2.75) is 23.5 Å². The second-order valence-corrected chi connectivity index (χ2v) is 5.92. The van der Waals surface area contributed by atoms with Crippen LogP contribution in [0.1, 0.15) is 33.6 Å². The van der Waals surface area contributed by atoms with Crippen LogP contribution in [-0.2, 0) is 11.3 Å². The second-order valence-electron chi connectivity index (χ2n) is 3.82. The third-order valence-electron chi connectivity index (χ3n) is 2.83. The number of hydrogen-bond acceptors (Lipinski definition) is 6. The third kappa shape index (κ3) is 2.25. The van der Waals surface area contributed by atoms with E-state index in [4.69, 9.17) is 10.7 Å². The lowest BCUT2D eigenvalue weighted by molar-refractivity contribution is 0.0957. The molecule has 0 bridgehead atoms. The SMILES string of the molecule is CO/N=C1/CCCc2c(C(=O)NN)sc(SC)c21. The Morgan fingerprint density at radius 2 is 2.33 bits per heavy atom. The normalized spacial score (nSPS) is 16.5. The summed E-state index contributed by atoms with van der Waals surface area (Å²) in [6.07, 6.45) is 4.74. The number of amides is 1. The van der Waals surface area contributed by atoms with Crippen molar-refractivity contribution in [3.05, 3.63) is 16.0 Å². The number of fused-ring (bicyclic) bond motifs is 1. The first-order valence-corrected chi connectivity index (χ1v) is 7.58. The molecule has 0 spiro atoms. The number of hydrogen-bond donors (Lipinski definition) is 2. The van der Waals surface area contributed by atoms with Crippen molar-refractivity contribution in [2.75, 3.05) is 13.4 Å². The van der Waals surface area contributed by atoms with E-state index in [2.05, 4.69) is 10.6 Å². The van der Waals surface area contributed by atoms with E-state index >= 15 is 0 Å². The Morgan fingerprint density at radius 3 is 2.94 bits per heavy atom. The Kier molecular flexibility index (Phi) is 4.26. The highest BCUT2D eigenvalue weighted by molar-refractivity contribution is 8.00. The van der Waals surface area contributed by atoms with Crippen LogP contribution in [0.2, 0.25) is 0 Å². The minimum Gasteiger partial charge on any atom is -0.399 e. The molecule has 1 heterocycles. The average Bonchev–Trinajstić information content (AvgIpc) is 2.78. The van der Waals surface area contributed by atoms with Crippen molar-refractivity contribution in [2.24, 2.45) is 11.0 Å². The highest BCUT2D eigenvalue weighted by Gasteiger charge is 2.28. The number of thiophene rings is 1. The van der Waals surface area contributed by atoms with Gasteiger partial charge in [0.2, 0.25) is 0 Å². The first-order chi connectivity index (χ1) is 8.72. The van der Waals surface area contributed by atoms with Crippen LogP contribution in [0.3, 0.4) is 0 Å². The van der Waals surface area contributed by atoms with Gasteiger partial charge in [-0.15, -0.1) is 23.1 Å². The van der Waals surface area contributed by atoms with E-state index in [1.54, 1.807) is 18.9 Å². The van der Waals surface area contributed by atoms with Crippen LogP contribution >= 0.6 is 23.1 Å². The van der Waals surface area contributed by atoms with Crippen molar-refractivity contribution in [3.63, 3.8) is 0 Å². The van der Waals surface area contributed by atoms with Gasteiger partial charge in [0, 0.05) is 5.56 Å². The van der Waals surface area contributed by atoms with Gasteiger partial charge < -0.3 is 4.84 Å². The van der Waals surface area contributed by atoms with Crippen LogP contribution in [0.25, 0.3) is 0 Å². The first-order valence-electron chi connectivity index (χ1n) is 5.53. The molecule has 0 unspecified atom stereocenters. The zero-order valence-electron chi connectivity index (χ0n) is 10.3. The number of nitrogens with zero attached hydrogens (tertiary/aromatic N) is 1. The molecule has 0 radical (unpaired) electrons. The number of carbonyl (C=O) groups excluding carboxylic acids is 1. The second kappa shape index (κ2) is 5.73. The van der Waals surface area contributed by atoms with Crippen molar-refractivity contribution >= 4 is 34.7 Å². The van der Waals surface area contributed by atoms with Crippen LogP contribution < -0.4 is 11.3 Å². The molecule has 0 fully saturated rings. The van der Waals surface area contributed by atoms with Gasteiger partial charge in [0.1, 0.15) is 7.11 Å². The first kappa shape index (κ1) is 13.4. The monoisotopic (exact) mass is 285 g/mol. The minimum atomic E-state index is -0.227. The largest absolute Gasteiger partial charge is 0.399 e. The van der Waals surface area contributed by atoms with E-state index in [0.717, 1.165) is 40.3 Å². The summed E-state index contributed by atoms with van der Waals surface area (Å²) >= 11 is 3.10. The van der Waals surface area contributed by atoms with Gasteiger partial charge in [0.25, 0.3) is 5.91 Å². The van der Waals surface area contributed by atoms with Gasteiger partial charge in [-0.1, -0.05) is 5.16 Å². The van der Waals surface area contributed by atoms with Crippen molar-refractivity contribution in [1.29, 1.82) is 0 Å². The molecule has 5 nitrogen and oxygen atoms in total. The summed E-state index contributed by atoms with van der Waals surface area (Å²) in [4.78, 5) is 17.4. The number of hydrazine groups is 1. The molecule has 7 heteroatoms. The summed E-state index contributed by atoms with van der Waals surface area (Å²) in [6.45, 7) is 0. The highest BCUT2D eigenvalue weighted by atomic mass is 32.2. The van der Waals surface area contributed by atoms with Gasteiger partial charge in [0.15, 0.2) is 0 Å². The molecule has 18 heavy (non-hydrogen) atoms. The lowest BCUT2D eigenvalue weighted by Gasteiger charge is -2.15. The number of rotatable bonds is 3. The summed E-state index contributed by atoms with van der Waals surface area (Å²) in [5.41, 5.74) is 5.25. The molecule has 0 aromatic carbocycles. The molecule has 2 rings (SSSR count). The van der Waals surface area contributed by atoms with E-state index in [0.29, 0.717) is 4.88 Å². The predicted molar refractivity (Wildman–Crippen MR) is 74.2 cm³/mol. The number of carbonyl (C=O) groups is 1. The van der Waals surface area contributed by atoms with Gasteiger partial charge >= 0.3 is 0 Å². The van der Waals surface area contributed by atoms with E-state index in [1.807, 2.05) is 6.26 Å². The minimum absolute atomic E-state index is 0.227. The summed E-state index contributed by atoms with van der Waals surface area (Å²) in [7, 11) is 1.54. The summed E-state index contributed by atoms with van der Waals surface area (Å²) in [6, 6.07) is 0. The van der Waals surface area contributed by atoms with Gasteiger partial charge in [0.05, 0.1) is 14.8 Å². The Balaban J connectivity index is 2.56. The molecule has 1 amide bonds. The maximum atomic E-state index is 11.8. The smallest absolute Gasteiger partial charge is 0.275 e. The van der Waals surface area contributed by atoms with E-state index in [-0.39, 0.29) is 5.91 Å². The number of nitrogens with two attached hydrogens (primary N) is 1. The molecule has 1 aromatic rings. The number of nitrogens with one attached hydrogen (secondary N) is 1. The lowest BCUT2D eigenvalue weighted by atomic mass is 9.92. The lowest BCUT2D eigenvalue weighted by Crippen LogP contribution is -2.30. The van der Waals surface area contributed by atoms with E-state index in [1.165, 1.54) is 11.3 Å². The fraction of sp³-hybridized carbons (Fsp3) is 0.455. The average molecular weight is 285 g/mol. The molecule has 3 N–H and O–H groups in total. The molecular weight excluding hydrogens is 270 g/mol. The Bertz CT molecular complexity index is 497. The van der Waals surface area contributed by atoms with Gasteiger partial charge in [-0.3, -0.25) is 10.2 Å². The molecule has 98 valence electrons. The van der Waals surface area contributed by atoms with E-state index < -0.39 is 0 Å². The molecule has 0 saturated heterocycles. The Morgan fingerprint density at radius 1 is 1.56 bits per heavy atom. The predicted octanol–water partition coefficient (Wildman–Crippen LogP) is 1.76. The van der Waals surface area contributed by atoms with Gasteiger partial charge in [-0.05, 0) is 31.1 Å². The number of thioether (sulfide) groups is 1. The standard InChI is InChI=1S/C11H15N3O2S2/c1-16-14-7-5-3-4-6-8(7)11(17-2)18-9(6)10(15)13-12/h3-5,12H2,1-2H3,(H,13,15)/b14-7-. The Labute approximate surface area is 114 Å². The quantitative estimate of drug-likeness (QED) is 0.384. The molecule has 0 aliphatic heterocycles. The summed E-state index contributed by atoms with van der Waals surface area (Å²) in [5.74, 6) is 5.00. The maximum Gasteiger partial charge on any atom is 0.275 e. The van der Waals surface area contributed by atoms with Gasteiger partial charge in [-0.25, -0.2) is 5.84 Å². The van der Waals surface area contributed by atoms with Crippen LogP contribution in [0, 0.1) is 0 Å². The van der Waals surface area contributed by atoms with Crippen molar-refractivity contribution in [1.82, 2.24) is 5.43 Å². The molecular formula is C11H15N3O2S2. The van der Waals surface area contributed by atoms with Crippen LogP contribution in [0.4, 0.5) is 0 Å². The number of nitrogen functional groups attached to an aromatic ring is 1. The fourth-order valence-corrected chi connectivity index (χ4v) is 4.16. The summed E-state index contributed by atoms with van der Waals surface area (Å²) < 4.78 is 1.10. The molecule has 1 aliphatic rings. The molecule has 0 atom stereocenters. The molecule has 1 aromatic heterocycles.